The quantitative estimate of drug-likeness (QED) is 0.840. The number of amides is 1. The number of rotatable bonds is 7. The van der Waals surface area contributed by atoms with Gasteiger partial charge in [-0.1, -0.05) is 19.1 Å². The molecule has 2 rings (SSSR count). The molecule has 1 heterocycles. The van der Waals surface area contributed by atoms with Gasteiger partial charge in [-0.3, -0.25) is 4.79 Å². The maximum atomic E-state index is 12.6. The van der Waals surface area contributed by atoms with Crippen LogP contribution in [-0.4, -0.2) is 37.6 Å². The van der Waals surface area contributed by atoms with Gasteiger partial charge in [-0.2, -0.15) is 0 Å². The number of methoxy groups -OCH3 is 1. The van der Waals surface area contributed by atoms with Gasteiger partial charge < -0.3 is 15.0 Å². The van der Waals surface area contributed by atoms with Crippen LogP contribution >= 0.6 is 0 Å². The van der Waals surface area contributed by atoms with E-state index in [2.05, 4.69) is 12.2 Å². The van der Waals surface area contributed by atoms with Crippen LogP contribution in [0.5, 0.6) is 5.75 Å². The SMILES string of the molecule is CCN(Cc1ccc(OC)cc1)C(=O)CC(C)C1CCCNC1. The first-order chi connectivity index (χ1) is 11.1. The highest BCUT2D eigenvalue weighted by Gasteiger charge is 2.24. The lowest BCUT2D eigenvalue weighted by molar-refractivity contribution is -0.133. The van der Waals surface area contributed by atoms with E-state index in [1.807, 2.05) is 36.1 Å². The van der Waals surface area contributed by atoms with Crippen LogP contribution in [0.2, 0.25) is 0 Å². The van der Waals surface area contributed by atoms with Crippen LogP contribution in [0.25, 0.3) is 0 Å². The molecule has 0 aromatic heterocycles. The van der Waals surface area contributed by atoms with Crippen LogP contribution in [-0.2, 0) is 11.3 Å². The van der Waals surface area contributed by atoms with Gasteiger partial charge >= 0.3 is 0 Å². The van der Waals surface area contributed by atoms with E-state index in [0.29, 0.717) is 24.8 Å². The molecule has 23 heavy (non-hydrogen) atoms. The Bertz CT molecular complexity index is 481. The van der Waals surface area contributed by atoms with E-state index in [-0.39, 0.29) is 5.91 Å². The Kier molecular flexibility index (Phi) is 6.90. The third-order valence-electron chi connectivity index (χ3n) is 4.90. The highest BCUT2D eigenvalue weighted by atomic mass is 16.5. The van der Waals surface area contributed by atoms with E-state index in [4.69, 9.17) is 4.74 Å². The zero-order valence-corrected chi connectivity index (χ0v) is 14.7. The minimum atomic E-state index is 0.265. The average molecular weight is 318 g/mol. The number of carbonyl (C=O) groups excluding carboxylic acids is 1. The second-order valence-corrected chi connectivity index (χ2v) is 6.54. The van der Waals surface area contributed by atoms with Gasteiger partial charge in [0.15, 0.2) is 0 Å². The van der Waals surface area contributed by atoms with Crippen molar-refractivity contribution in [3.63, 3.8) is 0 Å². The Balaban J connectivity index is 1.89. The lowest BCUT2D eigenvalue weighted by atomic mass is 9.85. The van der Waals surface area contributed by atoms with Gasteiger partial charge in [-0.05, 0) is 62.4 Å². The number of carbonyl (C=O) groups is 1. The summed E-state index contributed by atoms with van der Waals surface area (Å²) in [6, 6.07) is 7.96. The lowest BCUT2D eigenvalue weighted by Gasteiger charge is -2.30. The Morgan fingerprint density at radius 3 is 2.70 bits per heavy atom. The molecule has 1 amide bonds. The van der Waals surface area contributed by atoms with Crippen LogP contribution in [0.15, 0.2) is 24.3 Å². The maximum absolute atomic E-state index is 12.6. The first-order valence-corrected chi connectivity index (χ1v) is 8.75. The van der Waals surface area contributed by atoms with Crippen LogP contribution in [0, 0.1) is 11.8 Å². The molecule has 1 N–H and O–H groups in total. The van der Waals surface area contributed by atoms with Crippen LogP contribution < -0.4 is 10.1 Å². The van der Waals surface area contributed by atoms with Crippen molar-refractivity contribution in [2.24, 2.45) is 11.8 Å². The fraction of sp³-hybridized carbons (Fsp3) is 0.632. The molecular weight excluding hydrogens is 288 g/mol. The fourth-order valence-corrected chi connectivity index (χ4v) is 3.26. The first-order valence-electron chi connectivity index (χ1n) is 8.75. The van der Waals surface area contributed by atoms with Crippen molar-refractivity contribution in [3.05, 3.63) is 29.8 Å². The second-order valence-electron chi connectivity index (χ2n) is 6.54. The highest BCUT2D eigenvalue weighted by molar-refractivity contribution is 5.76. The van der Waals surface area contributed by atoms with Crippen molar-refractivity contribution in [1.29, 1.82) is 0 Å². The Labute approximate surface area is 140 Å². The van der Waals surface area contributed by atoms with Crippen molar-refractivity contribution < 1.29 is 9.53 Å². The molecule has 4 nitrogen and oxygen atoms in total. The molecule has 0 bridgehead atoms. The van der Waals surface area contributed by atoms with E-state index in [0.717, 1.165) is 30.9 Å². The molecule has 4 heteroatoms. The van der Waals surface area contributed by atoms with Crippen molar-refractivity contribution in [2.45, 2.75) is 39.7 Å². The van der Waals surface area contributed by atoms with Crippen molar-refractivity contribution >= 4 is 5.91 Å². The van der Waals surface area contributed by atoms with Crippen LogP contribution in [0.1, 0.15) is 38.7 Å². The average Bonchev–Trinajstić information content (AvgIpc) is 2.60. The predicted octanol–water partition coefficient (Wildman–Crippen LogP) is 3.07. The summed E-state index contributed by atoms with van der Waals surface area (Å²) in [4.78, 5) is 14.6. The summed E-state index contributed by atoms with van der Waals surface area (Å²) >= 11 is 0. The molecule has 0 saturated carbocycles. The van der Waals surface area contributed by atoms with Gasteiger partial charge in [0.05, 0.1) is 7.11 Å². The summed E-state index contributed by atoms with van der Waals surface area (Å²) in [7, 11) is 1.67. The molecule has 128 valence electrons. The smallest absolute Gasteiger partial charge is 0.223 e. The molecule has 1 aliphatic rings. The van der Waals surface area contributed by atoms with Gasteiger partial charge in [0.25, 0.3) is 0 Å². The number of piperidine rings is 1. The second kappa shape index (κ2) is 8.92. The minimum Gasteiger partial charge on any atom is -0.497 e. The van der Waals surface area contributed by atoms with Crippen molar-refractivity contribution in [1.82, 2.24) is 10.2 Å². The van der Waals surface area contributed by atoms with E-state index in [1.54, 1.807) is 7.11 Å². The molecule has 2 atom stereocenters. The molecule has 0 aliphatic carbocycles. The Hall–Kier alpha value is -1.55. The summed E-state index contributed by atoms with van der Waals surface area (Å²) in [6.07, 6.45) is 3.12. The number of ether oxygens (including phenoxy) is 1. The molecule has 0 spiro atoms. The van der Waals surface area contributed by atoms with Crippen molar-refractivity contribution in [2.75, 3.05) is 26.7 Å². The largest absolute Gasteiger partial charge is 0.497 e. The summed E-state index contributed by atoms with van der Waals surface area (Å²) in [5.74, 6) is 2.19. The van der Waals surface area contributed by atoms with Crippen LogP contribution in [0.4, 0.5) is 0 Å². The van der Waals surface area contributed by atoms with E-state index < -0.39 is 0 Å². The fourth-order valence-electron chi connectivity index (χ4n) is 3.26. The van der Waals surface area contributed by atoms with E-state index in [9.17, 15) is 4.79 Å². The van der Waals surface area contributed by atoms with Gasteiger partial charge in [-0.15, -0.1) is 0 Å². The molecule has 2 unspecified atom stereocenters. The predicted molar refractivity (Wildman–Crippen MR) is 93.5 cm³/mol. The topological polar surface area (TPSA) is 41.6 Å². The Morgan fingerprint density at radius 1 is 1.39 bits per heavy atom. The van der Waals surface area contributed by atoms with Crippen LogP contribution in [0.3, 0.4) is 0 Å². The summed E-state index contributed by atoms with van der Waals surface area (Å²) in [5, 5.41) is 3.45. The molecule has 1 fully saturated rings. The third kappa shape index (κ3) is 5.24. The molecule has 1 saturated heterocycles. The zero-order valence-electron chi connectivity index (χ0n) is 14.7. The molecule has 0 radical (unpaired) electrons. The van der Waals surface area contributed by atoms with Crippen molar-refractivity contribution in [3.8, 4) is 5.75 Å². The number of hydrogen-bond donors (Lipinski definition) is 1. The number of nitrogens with one attached hydrogen (secondary N) is 1. The molecule has 1 aromatic rings. The summed E-state index contributed by atoms with van der Waals surface area (Å²) in [6.45, 7) is 7.87. The van der Waals surface area contributed by atoms with Gasteiger partial charge in [0.1, 0.15) is 5.75 Å². The molecule has 1 aromatic carbocycles. The molecule has 1 aliphatic heterocycles. The Morgan fingerprint density at radius 2 is 2.13 bits per heavy atom. The number of hydrogen-bond acceptors (Lipinski definition) is 3. The summed E-state index contributed by atoms with van der Waals surface area (Å²) in [5.41, 5.74) is 1.15. The normalized spacial score (nSPS) is 19.2. The highest BCUT2D eigenvalue weighted by Crippen LogP contribution is 2.23. The number of nitrogens with zero attached hydrogens (tertiary/aromatic N) is 1. The standard InChI is InChI=1S/C19H30N2O2/c1-4-21(14-16-7-9-18(23-3)10-8-16)19(22)12-15(2)17-6-5-11-20-13-17/h7-10,15,17,20H,4-6,11-14H2,1-3H3. The molecular formula is C19H30N2O2. The first kappa shape index (κ1) is 17.8. The van der Waals surface area contributed by atoms with E-state index in [1.165, 1.54) is 12.8 Å². The third-order valence-corrected chi connectivity index (χ3v) is 4.90. The maximum Gasteiger partial charge on any atom is 0.223 e. The minimum absolute atomic E-state index is 0.265. The van der Waals surface area contributed by atoms with E-state index >= 15 is 0 Å². The van der Waals surface area contributed by atoms with Gasteiger partial charge in [0, 0.05) is 19.5 Å². The van der Waals surface area contributed by atoms with Gasteiger partial charge in [0.2, 0.25) is 5.91 Å². The number of benzene rings is 1. The zero-order chi connectivity index (χ0) is 16.7. The van der Waals surface area contributed by atoms with Gasteiger partial charge in [-0.25, -0.2) is 0 Å². The monoisotopic (exact) mass is 318 g/mol. The lowest BCUT2D eigenvalue weighted by Crippen LogP contribution is -2.37. The summed E-state index contributed by atoms with van der Waals surface area (Å²) < 4.78 is 5.18.